The van der Waals surface area contributed by atoms with Crippen LogP contribution in [0.5, 0.6) is 5.75 Å². The van der Waals surface area contributed by atoms with Crippen molar-refractivity contribution < 1.29 is 20.1 Å². The maximum atomic E-state index is 10.7. The summed E-state index contributed by atoms with van der Waals surface area (Å²) in [4.78, 5) is 10.7. The zero-order chi connectivity index (χ0) is 12.5. The lowest BCUT2D eigenvalue weighted by molar-refractivity contribution is -0.150. The molecule has 5 heteroatoms. The summed E-state index contributed by atoms with van der Waals surface area (Å²) in [6.45, 7) is 3.18. The van der Waals surface area contributed by atoms with Crippen molar-refractivity contribution in [2.24, 2.45) is 0 Å². The van der Waals surface area contributed by atoms with Gasteiger partial charge < -0.3 is 15.3 Å². The zero-order valence-electron chi connectivity index (χ0n) is 8.94. The van der Waals surface area contributed by atoms with Crippen molar-refractivity contribution >= 4 is 17.6 Å². The molecule has 1 unspecified atom stereocenters. The average Bonchev–Trinajstić information content (AvgIpc) is 2.20. The van der Waals surface area contributed by atoms with Crippen molar-refractivity contribution in [1.29, 1.82) is 0 Å². The number of hydrogen-bond acceptors (Lipinski definition) is 3. The topological polar surface area (TPSA) is 77.8 Å². The van der Waals surface area contributed by atoms with Crippen LogP contribution in [0.15, 0.2) is 18.2 Å². The second-order valence-electron chi connectivity index (χ2n) is 4.13. The third kappa shape index (κ3) is 2.28. The van der Waals surface area contributed by atoms with Crippen LogP contribution in [0.25, 0.3) is 0 Å². The fraction of sp³-hybridized carbons (Fsp3) is 0.364. The van der Waals surface area contributed by atoms with Gasteiger partial charge in [-0.2, -0.15) is 0 Å². The Hall–Kier alpha value is -1.26. The van der Waals surface area contributed by atoms with Gasteiger partial charge in [0, 0.05) is 5.41 Å². The molecule has 1 aromatic carbocycles. The summed E-state index contributed by atoms with van der Waals surface area (Å²) in [6, 6.07) is 4.35. The minimum Gasteiger partial charge on any atom is -0.506 e. The first-order valence-corrected chi connectivity index (χ1v) is 5.04. The number of carboxylic acids is 1. The van der Waals surface area contributed by atoms with E-state index < -0.39 is 17.5 Å². The molecule has 0 aromatic heterocycles. The van der Waals surface area contributed by atoms with Crippen LogP contribution >= 0.6 is 11.6 Å². The van der Waals surface area contributed by atoms with E-state index in [4.69, 9.17) is 16.7 Å². The summed E-state index contributed by atoms with van der Waals surface area (Å²) in [6.07, 6.45) is -1.53. The minimum atomic E-state index is -1.53. The molecule has 1 aromatic rings. The number of carbonyl (C=O) groups is 1. The van der Waals surface area contributed by atoms with Crippen molar-refractivity contribution in [3.63, 3.8) is 0 Å². The Balaban J connectivity index is 3.16. The predicted octanol–water partition coefficient (Wildman–Crippen LogP) is 1.77. The van der Waals surface area contributed by atoms with Crippen molar-refractivity contribution in [1.82, 2.24) is 0 Å². The normalized spacial score (nSPS) is 13.5. The first-order chi connectivity index (χ1) is 7.26. The average molecular weight is 245 g/mol. The van der Waals surface area contributed by atoms with E-state index in [-0.39, 0.29) is 10.8 Å². The summed E-state index contributed by atoms with van der Waals surface area (Å²) in [5.74, 6) is -1.37. The molecule has 0 radical (unpaired) electrons. The number of benzene rings is 1. The van der Waals surface area contributed by atoms with Crippen molar-refractivity contribution in [2.75, 3.05) is 0 Å². The third-order valence-electron chi connectivity index (χ3n) is 2.61. The lowest BCUT2D eigenvalue weighted by atomic mass is 9.79. The molecule has 0 aliphatic carbocycles. The predicted molar refractivity (Wildman–Crippen MR) is 59.8 cm³/mol. The van der Waals surface area contributed by atoms with E-state index in [1.54, 1.807) is 13.8 Å². The SMILES string of the molecule is CC(C)(c1ccc(O)c(Cl)c1)C(O)C(=O)O. The van der Waals surface area contributed by atoms with Crippen LogP contribution in [-0.2, 0) is 10.2 Å². The standard InChI is InChI=1S/C11H13ClO4/c1-11(2,9(14)10(15)16)6-3-4-8(13)7(12)5-6/h3-5,9,13-14H,1-2H3,(H,15,16). The largest absolute Gasteiger partial charge is 0.506 e. The van der Waals surface area contributed by atoms with Crippen molar-refractivity contribution in [3.05, 3.63) is 28.8 Å². The van der Waals surface area contributed by atoms with Crippen LogP contribution in [0.1, 0.15) is 19.4 Å². The highest BCUT2D eigenvalue weighted by molar-refractivity contribution is 6.32. The Kier molecular flexibility index (Phi) is 3.45. The number of aromatic hydroxyl groups is 1. The fourth-order valence-electron chi connectivity index (χ4n) is 1.37. The van der Waals surface area contributed by atoms with E-state index in [0.717, 1.165) is 0 Å². The highest BCUT2D eigenvalue weighted by Gasteiger charge is 2.35. The molecule has 0 fully saturated rings. The molecule has 1 rings (SSSR count). The number of hydrogen-bond donors (Lipinski definition) is 3. The lowest BCUT2D eigenvalue weighted by Crippen LogP contribution is -2.39. The second-order valence-corrected chi connectivity index (χ2v) is 4.54. The minimum absolute atomic E-state index is 0.0777. The fourth-order valence-corrected chi connectivity index (χ4v) is 1.55. The van der Waals surface area contributed by atoms with Crippen LogP contribution in [0.3, 0.4) is 0 Å². The van der Waals surface area contributed by atoms with E-state index in [2.05, 4.69) is 0 Å². The number of carboxylic acid groups (broad SMARTS) is 1. The molecular formula is C11H13ClO4. The van der Waals surface area contributed by atoms with Gasteiger partial charge in [0.25, 0.3) is 0 Å². The van der Waals surface area contributed by atoms with E-state index in [0.29, 0.717) is 5.56 Å². The van der Waals surface area contributed by atoms with Gasteiger partial charge in [-0.3, -0.25) is 0 Å². The van der Waals surface area contributed by atoms with Crippen molar-refractivity contribution in [3.8, 4) is 5.75 Å². The van der Waals surface area contributed by atoms with Crippen LogP contribution in [0, 0.1) is 0 Å². The van der Waals surface area contributed by atoms with E-state index in [9.17, 15) is 15.0 Å². The smallest absolute Gasteiger partial charge is 0.333 e. The van der Waals surface area contributed by atoms with Gasteiger partial charge in [-0.1, -0.05) is 31.5 Å². The maximum Gasteiger partial charge on any atom is 0.333 e. The number of aliphatic hydroxyl groups is 1. The molecule has 0 heterocycles. The quantitative estimate of drug-likeness (QED) is 0.757. The summed E-state index contributed by atoms with van der Waals surface area (Å²) in [5, 5.41) is 27.7. The molecule has 3 N–H and O–H groups in total. The Morgan fingerprint density at radius 2 is 2.00 bits per heavy atom. The van der Waals surface area contributed by atoms with E-state index in [1.807, 2.05) is 0 Å². The number of aliphatic carboxylic acids is 1. The summed E-state index contributed by atoms with van der Waals surface area (Å²) in [7, 11) is 0. The van der Waals surface area contributed by atoms with Crippen LogP contribution in [0.2, 0.25) is 5.02 Å². The van der Waals surface area contributed by atoms with Crippen molar-refractivity contribution in [2.45, 2.75) is 25.4 Å². The Morgan fingerprint density at radius 3 is 2.44 bits per heavy atom. The molecule has 0 aliphatic heterocycles. The molecule has 16 heavy (non-hydrogen) atoms. The first-order valence-electron chi connectivity index (χ1n) is 4.66. The molecule has 1 atom stereocenters. The number of phenols is 1. The van der Waals surface area contributed by atoms with Gasteiger partial charge in [0.1, 0.15) is 5.75 Å². The first kappa shape index (κ1) is 12.8. The molecule has 0 saturated carbocycles. The van der Waals surface area contributed by atoms with Crippen LogP contribution < -0.4 is 0 Å². The molecule has 0 amide bonds. The summed E-state index contributed by atoms with van der Waals surface area (Å²) in [5.41, 5.74) is -0.436. The highest BCUT2D eigenvalue weighted by atomic mass is 35.5. The molecule has 0 bridgehead atoms. The van der Waals surface area contributed by atoms with Gasteiger partial charge >= 0.3 is 5.97 Å². The van der Waals surface area contributed by atoms with Gasteiger partial charge in [0.2, 0.25) is 0 Å². The number of rotatable bonds is 3. The number of halogens is 1. The van der Waals surface area contributed by atoms with Gasteiger partial charge in [-0.25, -0.2) is 4.79 Å². The van der Waals surface area contributed by atoms with Gasteiger partial charge in [0.05, 0.1) is 5.02 Å². The molecular weight excluding hydrogens is 232 g/mol. The van der Waals surface area contributed by atoms with Gasteiger partial charge in [0.15, 0.2) is 6.10 Å². The number of aliphatic hydroxyl groups excluding tert-OH is 1. The number of phenolic OH excluding ortho intramolecular Hbond substituents is 1. The van der Waals surface area contributed by atoms with Crippen LogP contribution in [-0.4, -0.2) is 27.4 Å². The highest BCUT2D eigenvalue weighted by Crippen LogP contribution is 2.32. The van der Waals surface area contributed by atoms with Gasteiger partial charge in [-0.05, 0) is 17.7 Å². The second kappa shape index (κ2) is 4.31. The molecule has 0 saturated heterocycles. The lowest BCUT2D eigenvalue weighted by Gasteiger charge is -2.28. The molecule has 4 nitrogen and oxygen atoms in total. The van der Waals surface area contributed by atoms with Gasteiger partial charge in [-0.15, -0.1) is 0 Å². The summed E-state index contributed by atoms with van der Waals surface area (Å²) < 4.78 is 0. The molecule has 0 spiro atoms. The zero-order valence-corrected chi connectivity index (χ0v) is 9.69. The monoisotopic (exact) mass is 244 g/mol. The van der Waals surface area contributed by atoms with E-state index in [1.165, 1.54) is 18.2 Å². The van der Waals surface area contributed by atoms with Crippen LogP contribution in [0.4, 0.5) is 0 Å². The summed E-state index contributed by atoms with van der Waals surface area (Å²) >= 11 is 5.73. The third-order valence-corrected chi connectivity index (χ3v) is 2.91. The maximum absolute atomic E-state index is 10.7. The molecule has 88 valence electrons. The van der Waals surface area contributed by atoms with E-state index >= 15 is 0 Å². The Morgan fingerprint density at radius 1 is 1.44 bits per heavy atom. The molecule has 0 aliphatic rings. The Bertz CT molecular complexity index is 414. The Labute approximate surface area is 98.1 Å².